The molecule has 1 aliphatic heterocycles. The van der Waals surface area contributed by atoms with Gasteiger partial charge in [-0.15, -0.1) is 0 Å². The van der Waals surface area contributed by atoms with Gasteiger partial charge in [0.25, 0.3) is 5.91 Å². The number of aryl methyl sites for hydroxylation is 1. The van der Waals surface area contributed by atoms with Crippen molar-refractivity contribution in [1.29, 1.82) is 0 Å². The van der Waals surface area contributed by atoms with Crippen LogP contribution in [0.2, 0.25) is 0 Å². The Bertz CT molecular complexity index is 626. The number of piperidine rings is 1. The highest BCUT2D eigenvalue weighted by Gasteiger charge is 2.30. The van der Waals surface area contributed by atoms with Gasteiger partial charge in [0.15, 0.2) is 6.29 Å². The van der Waals surface area contributed by atoms with Crippen molar-refractivity contribution in [3.05, 3.63) is 28.8 Å². The lowest BCUT2D eigenvalue weighted by atomic mass is 9.97. The first-order chi connectivity index (χ1) is 11.0. The molecule has 0 spiro atoms. The lowest BCUT2D eigenvalue weighted by Crippen LogP contribution is -2.42. The average molecular weight is 319 g/mol. The maximum atomic E-state index is 12.6. The number of nitrogens with zero attached hydrogens (tertiary/aromatic N) is 1. The molecule has 1 fully saturated rings. The van der Waals surface area contributed by atoms with Gasteiger partial charge in [0.2, 0.25) is 0 Å². The lowest BCUT2D eigenvalue weighted by molar-refractivity contribution is -0.149. The van der Waals surface area contributed by atoms with E-state index >= 15 is 0 Å². The van der Waals surface area contributed by atoms with E-state index < -0.39 is 0 Å². The number of rotatable bonds is 4. The van der Waals surface area contributed by atoms with E-state index in [1.807, 2.05) is 0 Å². The Morgan fingerprint density at radius 2 is 2.17 bits per heavy atom. The third kappa shape index (κ3) is 3.70. The Morgan fingerprint density at radius 1 is 1.43 bits per heavy atom. The van der Waals surface area contributed by atoms with Crippen LogP contribution in [0.3, 0.4) is 0 Å². The monoisotopic (exact) mass is 319 g/mol. The minimum absolute atomic E-state index is 0.0901. The molecule has 1 saturated heterocycles. The number of hydrogen-bond acceptors (Lipinski definition) is 5. The quantitative estimate of drug-likeness (QED) is 0.677. The van der Waals surface area contributed by atoms with Crippen LogP contribution in [0, 0.1) is 12.8 Å². The summed E-state index contributed by atoms with van der Waals surface area (Å²) >= 11 is 0. The number of aldehydes is 1. The number of esters is 1. The normalized spacial score (nSPS) is 17.7. The molecule has 6 heteroatoms. The summed E-state index contributed by atoms with van der Waals surface area (Å²) < 4.78 is 5.03. The van der Waals surface area contributed by atoms with Crippen LogP contribution in [0.1, 0.15) is 46.0 Å². The van der Waals surface area contributed by atoms with Crippen molar-refractivity contribution in [1.82, 2.24) is 4.90 Å². The molecule has 0 unspecified atom stereocenters. The van der Waals surface area contributed by atoms with E-state index in [1.54, 1.807) is 24.8 Å². The second kappa shape index (κ2) is 7.26. The first kappa shape index (κ1) is 17.0. The second-order valence-electron chi connectivity index (χ2n) is 5.69. The van der Waals surface area contributed by atoms with E-state index in [0.717, 1.165) is 6.42 Å². The van der Waals surface area contributed by atoms with Gasteiger partial charge in [-0.25, -0.2) is 0 Å². The summed E-state index contributed by atoms with van der Waals surface area (Å²) in [6.07, 6.45) is 1.96. The summed E-state index contributed by atoms with van der Waals surface area (Å²) in [5.74, 6) is -0.943. The highest BCUT2D eigenvalue weighted by atomic mass is 16.5. The molecule has 1 aromatic rings. The van der Waals surface area contributed by atoms with Crippen molar-refractivity contribution >= 4 is 18.2 Å². The Labute approximate surface area is 135 Å². The number of phenols is 1. The number of phenolic OH excluding ortho intramolecular Hbond substituents is 1. The van der Waals surface area contributed by atoms with Crippen molar-refractivity contribution in [3.63, 3.8) is 0 Å². The van der Waals surface area contributed by atoms with Gasteiger partial charge in [0, 0.05) is 18.7 Å². The largest absolute Gasteiger partial charge is 0.507 e. The molecule has 1 N–H and O–H groups in total. The Hall–Kier alpha value is -2.37. The molecule has 0 bridgehead atoms. The van der Waals surface area contributed by atoms with Crippen molar-refractivity contribution in [2.45, 2.75) is 26.7 Å². The summed E-state index contributed by atoms with van der Waals surface area (Å²) in [7, 11) is 0. The first-order valence-electron chi connectivity index (χ1n) is 7.72. The fourth-order valence-electron chi connectivity index (χ4n) is 2.82. The lowest BCUT2D eigenvalue weighted by Gasteiger charge is -2.31. The molecular weight excluding hydrogens is 298 g/mol. The smallest absolute Gasteiger partial charge is 0.310 e. The van der Waals surface area contributed by atoms with E-state index in [0.29, 0.717) is 43.5 Å². The highest BCUT2D eigenvalue weighted by Crippen LogP contribution is 2.25. The third-order valence-electron chi connectivity index (χ3n) is 4.03. The average Bonchev–Trinajstić information content (AvgIpc) is 2.56. The van der Waals surface area contributed by atoms with Crippen LogP contribution < -0.4 is 0 Å². The molecule has 1 atom stereocenters. The molecule has 1 aromatic carbocycles. The number of ether oxygens (including phenoxy) is 1. The topological polar surface area (TPSA) is 83.9 Å². The number of hydrogen-bond donors (Lipinski definition) is 1. The summed E-state index contributed by atoms with van der Waals surface area (Å²) in [5.41, 5.74) is 0.899. The highest BCUT2D eigenvalue weighted by molar-refractivity contribution is 5.97. The summed E-state index contributed by atoms with van der Waals surface area (Å²) in [6.45, 7) is 4.59. The van der Waals surface area contributed by atoms with Crippen molar-refractivity contribution in [3.8, 4) is 5.75 Å². The minimum atomic E-state index is -0.309. The minimum Gasteiger partial charge on any atom is -0.507 e. The molecule has 0 radical (unpaired) electrons. The molecule has 0 aromatic heterocycles. The fourth-order valence-corrected chi connectivity index (χ4v) is 2.82. The zero-order chi connectivity index (χ0) is 17.0. The molecular formula is C17H21NO5. The van der Waals surface area contributed by atoms with E-state index in [1.165, 1.54) is 6.07 Å². The molecule has 6 nitrogen and oxygen atoms in total. The third-order valence-corrected chi connectivity index (χ3v) is 4.03. The van der Waals surface area contributed by atoms with E-state index in [2.05, 4.69) is 0 Å². The second-order valence-corrected chi connectivity index (χ2v) is 5.69. The van der Waals surface area contributed by atoms with Crippen LogP contribution in [-0.4, -0.2) is 47.9 Å². The van der Waals surface area contributed by atoms with E-state index in [9.17, 15) is 19.5 Å². The standard InChI is InChI=1S/C17H21NO5/c1-3-23-17(22)12-5-4-6-18(9-12)16(21)13-7-11(2)15(20)14(8-13)10-19/h7-8,10,12,20H,3-6,9H2,1-2H3/t12-/m1/s1. The van der Waals surface area contributed by atoms with Crippen LogP contribution in [0.4, 0.5) is 0 Å². The van der Waals surface area contributed by atoms with Crippen molar-refractivity contribution in [2.24, 2.45) is 5.92 Å². The molecule has 1 amide bonds. The van der Waals surface area contributed by atoms with Gasteiger partial charge < -0.3 is 14.7 Å². The van der Waals surface area contributed by atoms with Gasteiger partial charge >= 0.3 is 5.97 Å². The van der Waals surface area contributed by atoms with Crippen molar-refractivity contribution < 1.29 is 24.2 Å². The summed E-state index contributed by atoms with van der Waals surface area (Å²) in [4.78, 5) is 37.1. The Kier molecular flexibility index (Phi) is 5.36. The van der Waals surface area contributed by atoms with Crippen LogP contribution in [0.15, 0.2) is 12.1 Å². The summed E-state index contributed by atoms with van der Waals surface area (Å²) in [5, 5.41) is 9.77. The maximum Gasteiger partial charge on any atom is 0.310 e. The van der Waals surface area contributed by atoms with Gasteiger partial charge in [0.05, 0.1) is 18.1 Å². The number of aromatic hydroxyl groups is 1. The van der Waals surface area contributed by atoms with Gasteiger partial charge in [-0.1, -0.05) is 0 Å². The molecule has 23 heavy (non-hydrogen) atoms. The zero-order valence-electron chi connectivity index (χ0n) is 13.4. The predicted molar refractivity (Wildman–Crippen MR) is 83.5 cm³/mol. The maximum absolute atomic E-state index is 12.6. The SMILES string of the molecule is CCOC(=O)[C@@H]1CCCN(C(=O)c2cc(C)c(O)c(C=O)c2)C1. The molecule has 0 aliphatic carbocycles. The molecule has 1 aliphatic rings. The Balaban J connectivity index is 2.18. The zero-order valence-corrected chi connectivity index (χ0v) is 13.4. The number of likely N-dealkylation sites (tertiary alicyclic amines) is 1. The van der Waals surface area contributed by atoms with Gasteiger partial charge in [-0.05, 0) is 44.4 Å². The number of amides is 1. The first-order valence-corrected chi connectivity index (χ1v) is 7.72. The van der Waals surface area contributed by atoms with Gasteiger partial charge in [-0.3, -0.25) is 14.4 Å². The predicted octanol–water partition coefficient (Wildman–Crippen LogP) is 1.93. The number of carbonyl (C=O) groups excluding carboxylic acids is 3. The van der Waals surface area contributed by atoms with Crippen molar-refractivity contribution in [2.75, 3.05) is 19.7 Å². The molecule has 0 saturated carbocycles. The fraction of sp³-hybridized carbons (Fsp3) is 0.471. The van der Waals surface area contributed by atoms with Crippen LogP contribution in [0.5, 0.6) is 5.75 Å². The molecule has 124 valence electrons. The van der Waals surface area contributed by atoms with Crippen LogP contribution >= 0.6 is 0 Å². The van der Waals surface area contributed by atoms with E-state index in [4.69, 9.17) is 4.74 Å². The van der Waals surface area contributed by atoms with Crippen LogP contribution in [-0.2, 0) is 9.53 Å². The Morgan fingerprint density at radius 3 is 2.83 bits per heavy atom. The number of benzene rings is 1. The van der Waals surface area contributed by atoms with Gasteiger partial charge in [0.1, 0.15) is 5.75 Å². The van der Waals surface area contributed by atoms with Gasteiger partial charge in [-0.2, -0.15) is 0 Å². The molecule has 2 rings (SSSR count). The van der Waals surface area contributed by atoms with E-state index in [-0.39, 0.29) is 29.1 Å². The van der Waals surface area contributed by atoms with Crippen LogP contribution in [0.25, 0.3) is 0 Å². The number of carbonyl (C=O) groups is 3. The molecule has 1 heterocycles. The summed E-state index contributed by atoms with van der Waals surface area (Å²) in [6, 6.07) is 2.93.